The molecule has 1 heterocycles. The minimum atomic E-state index is 0.730. The fourth-order valence-corrected chi connectivity index (χ4v) is 3.04. The van der Waals surface area contributed by atoms with Crippen LogP contribution in [-0.4, -0.2) is 9.78 Å². The van der Waals surface area contributed by atoms with Gasteiger partial charge < -0.3 is 0 Å². The molecule has 1 aromatic heterocycles. The molecular formula is C22H17ClN2. The number of hydrogen-bond donors (Lipinski definition) is 0. The van der Waals surface area contributed by atoms with Crippen LogP contribution in [-0.2, 0) is 0 Å². The van der Waals surface area contributed by atoms with Crippen molar-refractivity contribution in [1.29, 1.82) is 0 Å². The Morgan fingerprint density at radius 2 is 1.52 bits per heavy atom. The highest BCUT2D eigenvalue weighted by Crippen LogP contribution is 2.29. The third-order valence-electron chi connectivity index (χ3n) is 4.16. The number of rotatable bonds is 3. The van der Waals surface area contributed by atoms with Gasteiger partial charge >= 0.3 is 0 Å². The summed E-state index contributed by atoms with van der Waals surface area (Å²) >= 11 is 6.05. The molecule has 0 saturated carbocycles. The largest absolute Gasteiger partial charge is 0.232 e. The summed E-state index contributed by atoms with van der Waals surface area (Å²) in [4.78, 5) is 0. The first-order chi connectivity index (χ1) is 12.2. The van der Waals surface area contributed by atoms with Crippen LogP contribution in [0.4, 0.5) is 0 Å². The average Bonchev–Trinajstić information content (AvgIpc) is 3.08. The molecule has 0 amide bonds. The van der Waals surface area contributed by atoms with Gasteiger partial charge in [0.25, 0.3) is 0 Å². The number of nitrogens with zero attached hydrogens (tertiary/aromatic N) is 2. The van der Waals surface area contributed by atoms with Crippen LogP contribution in [0, 0.1) is 6.92 Å². The molecule has 0 bridgehead atoms. The van der Waals surface area contributed by atoms with Gasteiger partial charge in [0, 0.05) is 16.1 Å². The van der Waals surface area contributed by atoms with E-state index in [0.29, 0.717) is 0 Å². The van der Waals surface area contributed by atoms with E-state index < -0.39 is 0 Å². The van der Waals surface area contributed by atoms with Crippen LogP contribution in [0.2, 0.25) is 5.02 Å². The van der Waals surface area contributed by atoms with E-state index in [1.54, 1.807) is 0 Å². The first-order valence-corrected chi connectivity index (χ1v) is 8.57. The molecule has 0 atom stereocenters. The van der Waals surface area contributed by atoms with Gasteiger partial charge in [0.15, 0.2) is 0 Å². The highest BCUT2D eigenvalue weighted by molar-refractivity contribution is 6.30. The van der Waals surface area contributed by atoms with Gasteiger partial charge in [-0.3, -0.25) is 0 Å². The minimum absolute atomic E-state index is 0.730. The number of para-hydroxylation sites is 1. The van der Waals surface area contributed by atoms with Crippen LogP contribution in [0.15, 0.2) is 84.9 Å². The van der Waals surface area contributed by atoms with Gasteiger partial charge in [-0.25, -0.2) is 4.68 Å². The Morgan fingerprint density at radius 3 is 2.24 bits per heavy atom. The monoisotopic (exact) mass is 344 g/mol. The second-order valence-corrected chi connectivity index (χ2v) is 6.47. The van der Waals surface area contributed by atoms with Crippen molar-refractivity contribution in [1.82, 2.24) is 9.78 Å². The molecule has 0 fully saturated rings. The second kappa shape index (κ2) is 6.58. The summed E-state index contributed by atoms with van der Waals surface area (Å²) in [6, 6.07) is 28.6. The highest BCUT2D eigenvalue weighted by atomic mass is 35.5. The Morgan fingerprint density at radius 1 is 0.760 bits per heavy atom. The molecule has 2 nitrogen and oxygen atoms in total. The molecule has 25 heavy (non-hydrogen) atoms. The van der Waals surface area contributed by atoms with Gasteiger partial charge in [-0.05, 0) is 43.3 Å². The maximum atomic E-state index is 6.05. The Labute approximate surface area is 152 Å². The number of aromatic nitrogens is 2. The molecule has 3 heteroatoms. The lowest BCUT2D eigenvalue weighted by Crippen LogP contribution is -1.98. The molecule has 0 aliphatic rings. The number of halogens is 1. The Balaban J connectivity index is 1.90. The van der Waals surface area contributed by atoms with Crippen molar-refractivity contribution in [3.05, 3.63) is 95.5 Å². The van der Waals surface area contributed by atoms with E-state index in [2.05, 4.69) is 49.4 Å². The SMILES string of the molecule is Cc1cccc(-c2cc(-c3ccc(Cl)cc3)n(-c3ccccc3)n2)c1. The topological polar surface area (TPSA) is 17.8 Å². The van der Waals surface area contributed by atoms with E-state index >= 15 is 0 Å². The van der Waals surface area contributed by atoms with E-state index in [1.807, 2.05) is 47.1 Å². The van der Waals surface area contributed by atoms with Crippen LogP contribution < -0.4 is 0 Å². The molecule has 4 aromatic rings. The van der Waals surface area contributed by atoms with E-state index in [9.17, 15) is 0 Å². The van der Waals surface area contributed by atoms with Crippen LogP contribution in [0.5, 0.6) is 0 Å². The molecule has 0 saturated heterocycles. The highest BCUT2D eigenvalue weighted by Gasteiger charge is 2.13. The smallest absolute Gasteiger partial charge is 0.0934 e. The molecular weight excluding hydrogens is 328 g/mol. The summed E-state index contributed by atoms with van der Waals surface area (Å²) in [5, 5.41) is 5.60. The molecule has 0 spiro atoms. The third kappa shape index (κ3) is 3.21. The van der Waals surface area contributed by atoms with Crippen molar-refractivity contribution >= 4 is 11.6 Å². The Kier molecular flexibility index (Phi) is 4.12. The number of benzene rings is 3. The van der Waals surface area contributed by atoms with Gasteiger partial charge in [0.05, 0.1) is 17.1 Å². The van der Waals surface area contributed by atoms with E-state index in [1.165, 1.54) is 5.56 Å². The summed E-state index contributed by atoms with van der Waals surface area (Å²) in [7, 11) is 0. The molecule has 0 N–H and O–H groups in total. The van der Waals surface area contributed by atoms with Gasteiger partial charge in [-0.15, -0.1) is 0 Å². The molecule has 0 radical (unpaired) electrons. The summed E-state index contributed by atoms with van der Waals surface area (Å²) < 4.78 is 1.99. The molecule has 122 valence electrons. The zero-order chi connectivity index (χ0) is 17.2. The molecule has 4 rings (SSSR count). The first-order valence-electron chi connectivity index (χ1n) is 8.19. The van der Waals surface area contributed by atoms with Crippen molar-refractivity contribution < 1.29 is 0 Å². The summed E-state index contributed by atoms with van der Waals surface area (Å²) in [5.41, 5.74) is 6.45. The summed E-state index contributed by atoms with van der Waals surface area (Å²) in [6.07, 6.45) is 0. The standard InChI is InChI=1S/C22H17ClN2/c1-16-6-5-7-18(14-16)21-15-22(17-10-12-19(23)13-11-17)25(24-21)20-8-3-2-4-9-20/h2-15H,1H3. The van der Waals surface area contributed by atoms with Crippen LogP contribution in [0.3, 0.4) is 0 Å². The van der Waals surface area contributed by atoms with E-state index in [4.69, 9.17) is 16.7 Å². The Bertz CT molecular complexity index is 1000. The Hall–Kier alpha value is -2.84. The lowest BCUT2D eigenvalue weighted by Gasteiger charge is -2.07. The fraction of sp³-hybridized carbons (Fsp3) is 0.0455. The predicted molar refractivity (Wildman–Crippen MR) is 104 cm³/mol. The van der Waals surface area contributed by atoms with E-state index in [0.717, 1.165) is 33.2 Å². The predicted octanol–water partition coefficient (Wildman–Crippen LogP) is 6.17. The minimum Gasteiger partial charge on any atom is -0.232 e. The van der Waals surface area contributed by atoms with Gasteiger partial charge in [-0.1, -0.05) is 65.7 Å². The van der Waals surface area contributed by atoms with Gasteiger partial charge in [0.1, 0.15) is 0 Å². The zero-order valence-electron chi connectivity index (χ0n) is 13.9. The van der Waals surface area contributed by atoms with Gasteiger partial charge in [-0.2, -0.15) is 5.10 Å². The molecule has 0 aliphatic heterocycles. The second-order valence-electron chi connectivity index (χ2n) is 6.04. The maximum Gasteiger partial charge on any atom is 0.0934 e. The van der Waals surface area contributed by atoms with Crippen molar-refractivity contribution in [3.8, 4) is 28.2 Å². The lowest BCUT2D eigenvalue weighted by atomic mass is 10.1. The third-order valence-corrected chi connectivity index (χ3v) is 4.42. The number of aryl methyl sites for hydroxylation is 1. The molecule has 3 aromatic carbocycles. The number of hydrogen-bond acceptors (Lipinski definition) is 1. The van der Waals surface area contributed by atoms with Crippen LogP contribution in [0.1, 0.15) is 5.56 Å². The lowest BCUT2D eigenvalue weighted by molar-refractivity contribution is 0.892. The fourth-order valence-electron chi connectivity index (χ4n) is 2.92. The molecule has 0 aliphatic carbocycles. The van der Waals surface area contributed by atoms with Crippen LogP contribution in [0.25, 0.3) is 28.2 Å². The molecule has 0 unspecified atom stereocenters. The normalized spacial score (nSPS) is 10.8. The summed E-state index contributed by atoms with van der Waals surface area (Å²) in [6.45, 7) is 2.10. The van der Waals surface area contributed by atoms with Gasteiger partial charge in [0.2, 0.25) is 0 Å². The van der Waals surface area contributed by atoms with Crippen molar-refractivity contribution in [2.45, 2.75) is 6.92 Å². The van der Waals surface area contributed by atoms with Crippen molar-refractivity contribution in [3.63, 3.8) is 0 Å². The average molecular weight is 345 g/mol. The summed E-state index contributed by atoms with van der Waals surface area (Å²) in [5.74, 6) is 0. The van der Waals surface area contributed by atoms with Crippen LogP contribution >= 0.6 is 11.6 Å². The van der Waals surface area contributed by atoms with Crippen molar-refractivity contribution in [2.24, 2.45) is 0 Å². The first kappa shape index (κ1) is 15.7. The van der Waals surface area contributed by atoms with E-state index in [-0.39, 0.29) is 0 Å². The maximum absolute atomic E-state index is 6.05. The zero-order valence-corrected chi connectivity index (χ0v) is 14.6. The quantitative estimate of drug-likeness (QED) is 0.434. The van der Waals surface area contributed by atoms with Crippen molar-refractivity contribution in [2.75, 3.05) is 0 Å².